The van der Waals surface area contributed by atoms with Gasteiger partial charge in [-0.25, -0.2) is 0 Å². The summed E-state index contributed by atoms with van der Waals surface area (Å²) in [7, 11) is 0. The molecule has 1 N–H and O–H groups in total. The van der Waals surface area contributed by atoms with E-state index in [1.807, 2.05) is 9.80 Å². The highest BCUT2D eigenvalue weighted by Crippen LogP contribution is 2.29. The van der Waals surface area contributed by atoms with Crippen LogP contribution in [0.4, 0.5) is 5.69 Å². The summed E-state index contributed by atoms with van der Waals surface area (Å²) in [5.41, 5.74) is 6.48. The number of aromatic nitrogens is 2. The van der Waals surface area contributed by atoms with E-state index < -0.39 is 0 Å². The van der Waals surface area contributed by atoms with E-state index >= 15 is 0 Å². The lowest BCUT2D eigenvalue weighted by molar-refractivity contribution is -0.132. The Balaban J connectivity index is 1.23. The minimum Gasteiger partial charge on any atom is -0.396 e. The van der Waals surface area contributed by atoms with Crippen molar-refractivity contribution in [2.24, 2.45) is 5.92 Å². The fraction of sp³-hybridized carbons (Fsp3) is 0.593. The van der Waals surface area contributed by atoms with Crippen LogP contribution < -0.4 is 4.90 Å². The molecule has 2 saturated heterocycles. The van der Waals surface area contributed by atoms with E-state index in [9.17, 15) is 14.7 Å². The first kappa shape index (κ1) is 23.9. The Bertz CT molecular complexity index is 1100. The molecule has 2 amide bonds. The van der Waals surface area contributed by atoms with Gasteiger partial charge in [-0.2, -0.15) is 5.10 Å². The lowest BCUT2D eigenvalue weighted by Crippen LogP contribution is -2.50. The molecule has 2 fully saturated rings. The van der Waals surface area contributed by atoms with Crippen LogP contribution in [0, 0.1) is 19.8 Å². The van der Waals surface area contributed by atoms with Crippen molar-refractivity contribution in [3.05, 3.63) is 46.3 Å². The molecule has 8 heteroatoms. The molecule has 5 rings (SSSR count). The summed E-state index contributed by atoms with van der Waals surface area (Å²) < 4.78 is 1.80. The number of amides is 2. The standard InChI is InChI=1S/C27H37N5O3/c1-19-5-3-7-23(20(19)2)29-12-14-30(15-13-29)25(34)18-32-24-8-4-6-22(24)26(28-32)27(35)31-11-9-21(17-31)10-16-33/h3,5,7,21,33H,4,6,8-18H2,1-2H3. The zero-order valence-electron chi connectivity index (χ0n) is 21.0. The van der Waals surface area contributed by atoms with Crippen molar-refractivity contribution in [2.75, 3.05) is 50.8 Å². The maximum absolute atomic E-state index is 13.3. The normalized spacial score (nSPS) is 20.0. The molecule has 1 atom stereocenters. The van der Waals surface area contributed by atoms with Gasteiger partial charge in [0.2, 0.25) is 5.91 Å². The molecular formula is C27H37N5O3. The molecule has 188 valence electrons. The monoisotopic (exact) mass is 479 g/mol. The molecule has 1 aliphatic carbocycles. The molecule has 35 heavy (non-hydrogen) atoms. The van der Waals surface area contributed by atoms with Crippen molar-refractivity contribution >= 4 is 17.5 Å². The lowest BCUT2D eigenvalue weighted by Gasteiger charge is -2.37. The molecule has 1 aromatic heterocycles. The third kappa shape index (κ3) is 4.68. The van der Waals surface area contributed by atoms with Gasteiger partial charge in [-0.1, -0.05) is 12.1 Å². The number of anilines is 1. The number of carbonyl (C=O) groups excluding carboxylic acids is 2. The number of aliphatic hydroxyl groups excluding tert-OH is 1. The summed E-state index contributed by atoms with van der Waals surface area (Å²) in [6.45, 7) is 9.10. The number of hydrogen-bond acceptors (Lipinski definition) is 5. The molecule has 3 aliphatic rings. The highest BCUT2D eigenvalue weighted by atomic mass is 16.3. The van der Waals surface area contributed by atoms with E-state index in [1.54, 1.807) is 4.68 Å². The molecule has 8 nitrogen and oxygen atoms in total. The second kappa shape index (κ2) is 10.0. The number of likely N-dealkylation sites (tertiary alicyclic amines) is 1. The average molecular weight is 480 g/mol. The van der Waals surface area contributed by atoms with Crippen LogP contribution in [0.25, 0.3) is 0 Å². The van der Waals surface area contributed by atoms with Gasteiger partial charge in [0.1, 0.15) is 6.54 Å². The van der Waals surface area contributed by atoms with E-state index in [1.165, 1.54) is 16.8 Å². The Morgan fingerprint density at radius 2 is 1.86 bits per heavy atom. The third-order valence-corrected chi connectivity index (χ3v) is 8.15. The van der Waals surface area contributed by atoms with Crippen molar-refractivity contribution in [2.45, 2.75) is 52.5 Å². The van der Waals surface area contributed by atoms with Crippen LogP contribution in [0.5, 0.6) is 0 Å². The maximum Gasteiger partial charge on any atom is 0.274 e. The first-order chi connectivity index (χ1) is 17.0. The molecule has 2 aliphatic heterocycles. The fourth-order valence-corrected chi connectivity index (χ4v) is 5.90. The third-order valence-electron chi connectivity index (χ3n) is 8.15. The lowest BCUT2D eigenvalue weighted by atomic mass is 10.1. The van der Waals surface area contributed by atoms with Crippen molar-refractivity contribution in [1.82, 2.24) is 19.6 Å². The van der Waals surface area contributed by atoms with Crippen LogP contribution in [0.1, 0.15) is 52.1 Å². The topological polar surface area (TPSA) is 81.9 Å². The Morgan fingerprint density at radius 3 is 2.63 bits per heavy atom. The molecule has 1 unspecified atom stereocenters. The second-order valence-electron chi connectivity index (χ2n) is 10.3. The molecule has 2 aromatic rings. The Morgan fingerprint density at radius 1 is 1.06 bits per heavy atom. The van der Waals surface area contributed by atoms with Gasteiger partial charge < -0.3 is 19.8 Å². The van der Waals surface area contributed by atoms with Crippen LogP contribution in [-0.4, -0.2) is 82.4 Å². The molecule has 0 radical (unpaired) electrons. The summed E-state index contributed by atoms with van der Waals surface area (Å²) in [6.07, 6.45) is 4.40. The summed E-state index contributed by atoms with van der Waals surface area (Å²) in [4.78, 5) is 32.7. The minimum atomic E-state index is -0.0167. The van der Waals surface area contributed by atoms with Gasteiger partial charge in [-0.15, -0.1) is 0 Å². The van der Waals surface area contributed by atoms with Crippen LogP contribution in [0.3, 0.4) is 0 Å². The largest absolute Gasteiger partial charge is 0.396 e. The van der Waals surface area contributed by atoms with Crippen LogP contribution in [0.15, 0.2) is 18.2 Å². The molecular weight excluding hydrogens is 442 g/mol. The number of aryl methyl sites for hydroxylation is 1. The first-order valence-electron chi connectivity index (χ1n) is 13.0. The van der Waals surface area contributed by atoms with Gasteiger partial charge in [0.15, 0.2) is 5.69 Å². The Labute approximate surface area is 207 Å². The minimum absolute atomic E-state index is 0.0167. The molecule has 3 heterocycles. The first-order valence-corrected chi connectivity index (χ1v) is 13.0. The van der Waals surface area contributed by atoms with Gasteiger partial charge in [-0.05, 0) is 69.1 Å². The van der Waals surface area contributed by atoms with E-state index in [0.717, 1.165) is 63.0 Å². The van der Waals surface area contributed by atoms with Crippen LogP contribution in [-0.2, 0) is 24.2 Å². The zero-order chi connectivity index (χ0) is 24.5. The van der Waals surface area contributed by atoms with E-state index in [4.69, 9.17) is 0 Å². The number of carbonyl (C=O) groups is 2. The van der Waals surface area contributed by atoms with E-state index in [-0.39, 0.29) is 25.0 Å². The van der Waals surface area contributed by atoms with Gasteiger partial charge in [0, 0.05) is 62.8 Å². The van der Waals surface area contributed by atoms with Crippen molar-refractivity contribution in [1.29, 1.82) is 0 Å². The smallest absolute Gasteiger partial charge is 0.274 e. The summed E-state index contributed by atoms with van der Waals surface area (Å²) in [6, 6.07) is 6.40. The van der Waals surface area contributed by atoms with E-state index in [0.29, 0.717) is 31.2 Å². The predicted octanol–water partition coefficient (Wildman–Crippen LogP) is 2.18. The molecule has 0 saturated carbocycles. The van der Waals surface area contributed by atoms with Crippen molar-refractivity contribution in [3.63, 3.8) is 0 Å². The number of rotatable bonds is 6. The Hall–Kier alpha value is -2.87. The molecule has 0 spiro atoms. The summed E-state index contributed by atoms with van der Waals surface area (Å²) >= 11 is 0. The van der Waals surface area contributed by atoms with Gasteiger partial charge in [-0.3, -0.25) is 14.3 Å². The van der Waals surface area contributed by atoms with E-state index in [2.05, 4.69) is 42.0 Å². The highest BCUT2D eigenvalue weighted by molar-refractivity contribution is 5.94. The number of nitrogens with zero attached hydrogens (tertiary/aromatic N) is 5. The number of hydrogen-bond donors (Lipinski definition) is 1. The summed E-state index contributed by atoms with van der Waals surface area (Å²) in [5.74, 6) is 0.422. The SMILES string of the molecule is Cc1cccc(N2CCN(C(=O)Cn3nc(C(=O)N4CCC(CCO)C4)c4c3CCC4)CC2)c1C. The van der Waals surface area contributed by atoms with Gasteiger partial charge in [0.25, 0.3) is 5.91 Å². The van der Waals surface area contributed by atoms with Gasteiger partial charge >= 0.3 is 0 Å². The highest BCUT2D eigenvalue weighted by Gasteiger charge is 2.33. The molecule has 0 bridgehead atoms. The zero-order valence-corrected chi connectivity index (χ0v) is 21.0. The number of fused-ring (bicyclic) bond motifs is 1. The predicted molar refractivity (Wildman–Crippen MR) is 135 cm³/mol. The maximum atomic E-state index is 13.3. The average Bonchev–Trinajstić information content (AvgIpc) is 3.59. The fourth-order valence-electron chi connectivity index (χ4n) is 5.90. The quantitative estimate of drug-likeness (QED) is 0.687. The van der Waals surface area contributed by atoms with Crippen LogP contribution >= 0.6 is 0 Å². The number of piperazine rings is 1. The van der Waals surface area contributed by atoms with Gasteiger partial charge in [0.05, 0.1) is 0 Å². The van der Waals surface area contributed by atoms with Crippen LogP contribution in [0.2, 0.25) is 0 Å². The Kier molecular flexibility index (Phi) is 6.82. The van der Waals surface area contributed by atoms with Crippen molar-refractivity contribution < 1.29 is 14.7 Å². The summed E-state index contributed by atoms with van der Waals surface area (Å²) in [5, 5.41) is 13.9. The molecule has 1 aromatic carbocycles. The number of aliphatic hydroxyl groups is 1. The van der Waals surface area contributed by atoms with Crippen molar-refractivity contribution in [3.8, 4) is 0 Å². The number of benzene rings is 1. The second-order valence-corrected chi connectivity index (χ2v) is 10.3.